The van der Waals surface area contributed by atoms with E-state index in [0.717, 1.165) is 0 Å². The summed E-state index contributed by atoms with van der Waals surface area (Å²) in [4.78, 5) is 11.5. The van der Waals surface area contributed by atoms with E-state index in [-0.39, 0.29) is 22.7 Å². The highest BCUT2D eigenvalue weighted by Crippen LogP contribution is 2.23. The number of hydrogen-bond donors (Lipinski definition) is 1. The summed E-state index contributed by atoms with van der Waals surface area (Å²) in [5.74, 6) is -0.631. The van der Waals surface area contributed by atoms with Gasteiger partial charge in [0.2, 0.25) is 15.9 Å². The number of morpholine rings is 1. The van der Waals surface area contributed by atoms with Gasteiger partial charge in [-0.05, 0) is 38.5 Å². The molecule has 6 nitrogen and oxygen atoms in total. The summed E-state index contributed by atoms with van der Waals surface area (Å²) >= 11 is 0. The van der Waals surface area contributed by atoms with Crippen LogP contribution in [0.25, 0.3) is 0 Å². The maximum absolute atomic E-state index is 12.7. The second-order valence-corrected chi connectivity index (χ2v) is 7.36. The van der Waals surface area contributed by atoms with E-state index >= 15 is 0 Å². The number of carbonyl (C=O) groups is 1. The lowest BCUT2D eigenvalue weighted by Crippen LogP contribution is -2.48. The van der Waals surface area contributed by atoms with Crippen LogP contribution in [0.4, 0.5) is 0 Å². The Morgan fingerprint density at radius 1 is 1.29 bits per heavy atom. The minimum Gasteiger partial charge on any atom is -0.373 e. The molecule has 2 atom stereocenters. The van der Waals surface area contributed by atoms with Crippen molar-refractivity contribution in [1.29, 1.82) is 0 Å². The van der Waals surface area contributed by atoms with Crippen LogP contribution in [-0.2, 0) is 14.8 Å². The molecular weight excluding hydrogens is 292 g/mol. The van der Waals surface area contributed by atoms with Crippen molar-refractivity contribution in [2.45, 2.75) is 37.9 Å². The van der Waals surface area contributed by atoms with Gasteiger partial charge in [0.1, 0.15) is 0 Å². The monoisotopic (exact) mass is 312 g/mol. The van der Waals surface area contributed by atoms with Crippen molar-refractivity contribution < 1.29 is 17.9 Å². The predicted molar refractivity (Wildman–Crippen MR) is 78.5 cm³/mol. The van der Waals surface area contributed by atoms with E-state index in [4.69, 9.17) is 10.5 Å². The molecular formula is C14H20N2O4S. The first-order chi connectivity index (χ1) is 9.71. The predicted octanol–water partition coefficient (Wildman–Crippen LogP) is 0.892. The summed E-state index contributed by atoms with van der Waals surface area (Å²) in [6.07, 6.45) is -0.325. The van der Waals surface area contributed by atoms with E-state index in [1.807, 2.05) is 13.8 Å². The number of aryl methyl sites for hydroxylation is 1. The molecule has 1 amide bonds. The number of carbonyl (C=O) groups excluding carboxylic acids is 1. The Labute approximate surface area is 124 Å². The molecule has 0 aromatic heterocycles. The lowest BCUT2D eigenvalue weighted by Gasteiger charge is -2.34. The Morgan fingerprint density at radius 2 is 1.86 bits per heavy atom. The summed E-state index contributed by atoms with van der Waals surface area (Å²) in [5.41, 5.74) is 6.17. The lowest BCUT2D eigenvalue weighted by atomic mass is 10.1. The number of hydrogen-bond acceptors (Lipinski definition) is 4. The van der Waals surface area contributed by atoms with E-state index < -0.39 is 15.9 Å². The third kappa shape index (κ3) is 3.25. The molecule has 21 heavy (non-hydrogen) atoms. The Hall–Kier alpha value is -1.44. The zero-order chi connectivity index (χ0) is 15.8. The second kappa shape index (κ2) is 5.75. The van der Waals surface area contributed by atoms with Crippen molar-refractivity contribution in [3.8, 4) is 0 Å². The Kier molecular flexibility index (Phi) is 4.36. The first-order valence-electron chi connectivity index (χ1n) is 6.78. The molecule has 7 heteroatoms. The van der Waals surface area contributed by atoms with Crippen LogP contribution in [0, 0.1) is 6.92 Å². The number of sulfonamides is 1. The molecule has 0 aliphatic carbocycles. The highest BCUT2D eigenvalue weighted by atomic mass is 32.2. The van der Waals surface area contributed by atoms with Gasteiger partial charge in [0.05, 0.1) is 17.1 Å². The number of nitrogens with two attached hydrogens (primary N) is 1. The number of benzene rings is 1. The van der Waals surface area contributed by atoms with Gasteiger partial charge in [-0.1, -0.05) is 6.07 Å². The van der Waals surface area contributed by atoms with Crippen LogP contribution in [0.15, 0.2) is 23.1 Å². The maximum atomic E-state index is 12.7. The van der Waals surface area contributed by atoms with Crippen molar-refractivity contribution >= 4 is 15.9 Å². The fourth-order valence-electron chi connectivity index (χ4n) is 2.50. The molecule has 1 aromatic carbocycles. The number of rotatable bonds is 3. The smallest absolute Gasteiger partial charge is 0.249 e. The topological polar surface area (TPSA) is 89.7 Å². The van der Waals surface area contributed by atoms with Gasteiger partial charge in [0.25, 0.3) is 0 Å². The third-order valence-electron chi connectivity index (χ3n) is 3.50. The van der Waals surface area contributed by atoms with Crippen LogP contribution in [0.5, 0.6) is 0 Å². The quantitative estimate of drug-likeness (QED) is 0.897. The average molecular weight is 312 g/mol. The van der Waals surface area contributed by atoms with Crippen LogP contribution in [0.1, 0.15) is 29.8 Å². The first-order valence-corrected chi connectivity index (χ1v) is 8.22. The molecule has 2 N–H and O–H groups in total. The fourth-order valence-corrected chi connectivity index (χ4v) is 4.12. The van der Waals surface area contributed by atoms with Gasteiger partial charge in [0.15, 0.2) is 0 Å². The molecule has 1 fully saturated rings. The Balaban J connectivity index is 2.40. The van der Waals surface area contributed by atoms with Crippen molar-refractivity contribution in [2.24, 2.45) is 5.73 Å². The standard InChI is InChI=1S/C14H20N2O4S/c1-9-4-5-12(6-13(9)14(15)17)21(18,19)16-7-10(2)20-11(3)8-16/h4-6,10-11H,7-8H2,1-3H3,(H2,15,17)/t10-,11+. The highest BCUT2D eigenvalue weighted by molar-refractivity contribution is 7.89. The molecule has 0 unspecified atom stereocenters. The van der Waals surface area contributed by atoms with Gasteiger partial charge in [0, 0.05) is 18.7 Å². The third-order valence-corrected chi connectivity index (χ3v) is 5.33. The molecule has 1 saturated heterocycles. The largest absolute Gasteiger partial charge is 0.373 e. The molecule has 2 rings (SSSR count). The van der Waals surface area contributed by atoms with Crippen LogP contribution in [0.2, 0.25) is 0 Å². The van der Waals surface area contributed by atoms with Gasteiger partial charge in [-0.25, -0.2) is 8.42 Å². The van der Waals surface area contributed by atoms with E-state index in [2.05, 4.69) is 0 Å². The summed E-state index contributed by atoms with van der Waals surface area (Å²) < 4.78 is 32.3. The van der Waals surface area contributed by atoms with Crippen molar-refractivity contribution in [3.63, 3.8) is 0 Å². The zero-order valence-electron chi connectivity index (χ0n) is 12.4. The van der Waals surface area contributed by atoms with Crippen molar-refractivity contribution in [3.05, 3.63) is 29.3 Å². The molecule has 0 bridgehead atoms. The van der Waals surface area contributed by atoms with Crippen LogP contribution in [-0.4, -0.2) is 43.9 Å². The van der Waals surface area contributed by atoms with Gasteiger partial charge in [-0.15, -0.1) is 0 Å². The molecule has 0 saturated carbocycles. The normalized spacial score (nSPS) is 24.0. The Bertz CT molecular complexity index is 647. The summed E-state index contributed by atoms with van der Waals surface area (Å²) in [7, 11) is -3.66. The summed E-state index contributed by atoms with van der Waals surface area (Å²) in [6.45, 7) is 5.98. The van der Waals surface area contributed by atoms with Gasteiger partial charge >= 0.3 is 0 Å². The van der Waals surface area contributed by atoms with E-state index in [1.165, 1.54) is 16.4 Å². The number of ether oxygens (including phenoxy) is 1. The van der Waals surface area contributed by atoms with Crippen molar-refractivity contribution in [2.75, 3.05) is 13.1 Å². The Morgan fingerprint density at radius 3 is 2.38 bits per heavy atom. The SMILES string of the molecule is Cc1ccc(S(=O)(=O)N2C[C@@H](C)O[C@@H](C)C2)cc1C(N)=O. The molecule has 1 aliphatic heterocycles. The second-order valence-electron chi connectivity index (χ2n) is 5.42. The van der Waals surface area contributed by atoms with Gasteiger partial charge in [-0.2, -0.15) is 4.31 Å². The number of amides is 1. The molecule has 0 radical (unpaired) electrons. The lowest BCUT2D eigenvalue weighted by molar-refractivity contribution is -0.0440. The minimum atomic E-state index is -3.66. The van der Waals surface area contributed by atoms with E-state index in [0.29, 0.717) is 18.7 Å². The number of primary amides is 1. The maximum Gasteiger partial charge on any atom is 0.249 e. The van der Waals surface area contributed by atoms with E-state index in [9.17, 15) is 13.2 Å². The van der Waals surface area contributed by atoms with E-state index in [1.54, 1.807) is 13.0 Å². The van der Waals surface area contributed by atoms with Crippen molar-refractivity contribution in [1.82, 2.24) is 4.31 Å². The van der Waals surface area contributed by atoms with Gasteiger partial charge < -0.3 is 10.5 Å². The summed E-state index contributed by atoms with van der Waals surface area (Å²) in [6, 6.07) is 4.44. The van der Waals surface area contributed by atoms with Gasteiger partial charge in [-0.3, -0.25) is 4.79 Å². The molecule has 1 aromatic rings. The minimum absolute atomic E-state index is 0.0863. The fraction of sp³-hybridized carbons (Fsp3) is 0.500. The molecule has 1 heterocycles. The highest BCUT2D eigenvalue weighted by Gasteiger charge is 2.32. The van der Waals surface area contributed by atoms with Crippen LogP contribution < -0.4 is 5.73 Å². The van der Waals surface area contributed by atoms with Crippen LogP contribution >= 0.6 is 0 Å². The zero-order valence-corrected chi connectivity index (χ0v) is 13.2. The molecule has 116 valence electrons. The summed E-state index contributed by atoms with van der Waals surface area (Å²) in [5, 5.41) is 0. The first kappa shape index (κ1) is 15.9. The molecule has 1 aliphatic rings. The molecule has 0 spiro atoms. The number of nitrogens with zero attached hydrogens (tertiary/aromatic N) is 1. The van der Waals surface area contributed by atoms with Crippen LogP contribution in [0.3, 0.4) is 0 Å². The average Bonchev–Trinajstić information content (AvgIpc) is 2.37.